The van der Waals surface area contributed by atoms with Crippen molar-refractivity contribution in [3.63, 3.8) is 0 Å². The highest BCUT2D eigenvalue weighted by atomic mass is 19.4. The number of imidazole rings is 1. The number of para-hydroxylation sites is 1. The van der Waals surface area contributed by atoms with Crippen molar-refractivity contribution in [2.75, 3.05) is 5.73 Å². The second kappa shape index (κ2) is 4.26. The lowest BCUT2D eigenvalue weighted by Gasteiger charge is -2.10. The smallest absolute Gasteiger partial charge is 0.369 e. The van der Waals surface area contributed by atoms with Gasteiger partial charge >= 0.3 is 6.30 Å². The van der Waals surface area contributed by atoms with Gasteiger partial charge in [-0.05, 0) is 11.6 Å². The zero-order chi connectivity index (χ0) is 14.3. The van der Waals surface area contributed by atoms with Crippen LogP contribution in [0, 0.1) is 0 Å². The molecular weight excluding hydrogens is 267 g/mol. The third-order valence-electron chi connectivity index (χ3n) is 3.05. The van der Waals surface area contributed by atoms with Crippen molar-refractivity contribution >= 4 is 17.0 Å². The van der Waals surface area contributed by atoms with E-state index >= 15 is 0 Å². The lowest BCUT2D eigenvalue weighted by atomic mass is 10.0. The highest BCUT2D eigenvalue weighted by Crippen LogP contribution is 2.35. The van der Waals surface area contributed by atoms with Crippen molar-refractivity contribution < 1.29 is 13.2 Å². The maximum absolute atomic E-state index is 13.0. The molecule has 6 heteroatoms. The Morgan fingerprint density at radius 3 is 2.30 bits per heavy atom. The van der Waals surface area contributed by atoms with Crippen LogP contribution in [0.3, 0.4) is 0 Å². The van der Waals surface area contributed by atoms with Gasteiger partial charge in [-0.1, -0.05) is 42.5 Å². The van der Waals surface area contributed by atoms with Crippen LogP contribution < -0.4 is 5.73 Å². The van der Waals surface area contributed by atoms with E-state index in [0.29, 0.717) is 5.56 Å². The number of benzene rings is 2. The van der Waals surface area contributed by atoms with Crippen molar-refractivity contribution in [1.82, 2.24) is 9.55 Å². The summed E-state index contributed by atoms with van der Waals surface area (Å²) in [6.07, 6.45) is -4.59. The minimum Gasteiger partial charge on any atom is -0.369 e. The average Bonchev–Trinajstić information content (AvgIpc) is 2.75. The minimum atomic E-state index is -4.59. The maximum Gasteiger partial charge on any atom is 0.491 e. The topological polar surface area (TPSA) is 43.8 Å². The fourth-order valence-corrected chi connectivity index (χ4v) is 2.23. The predicted molar refractivity (Wildman–Crippen MR) is 70.9 cm³/mol. The largest absolute Gasteiger partial charge is 0.491 e. The van der Waals surface area contributed by atoms with Gasteiger partial charge in [-0.2, -0.15) is 0 Å². The number of nitrogen functional groups attached to an aromatic ring is 1. The number of hydrogen-bond acceptors (Lipinski definition) is 2. The van der Waals surface area contributed by atoms with Gasteiger partial charge in [-0.15, -0.1) is 13.2 Å². The van der Waals surface area contributed by atoms with Gasteiger partial charge < -0.3 is 5.73 Å². The number of halogens is 3. The van der Waals surface area contributed by atoms with E-state index in [1.807, 2.05) is 30.3 Å². The zero-order valence-electron chi connectivity index (χ0n) is 10.2. The van der Waals surface area contributed by atoms with Crippen molar-refractivity contribution in [3.05, 3.63) is 48.5 Å². The Morgan fingerprint density at radius 2 is 1.65 bits per heavy atom. The van der Waals surface area contributed by atoms with Crippen LogP contribution in [-0.2, 0) is 6.30 Å². The van der Waals surface area contributed by atoms with E-state index in [2.05, 4.69) is 4.98 Å². The molecule has 1 heterocycles. The number of rotatable bonds is 1. The first-order chi connectivity index (χ1) is 9.48. The summed E-state index contributed by atoms with van der Waals surface area (Å²) in [5.74, 6) is -0.559. The third kappa shape index (κ3) is 1.89. The Hall–Kier alpha value is -2.50. The van der Waals surface area contributed by atoms with E-state index < -0.39 is 12.2 Å². The van der Waals surface area contributed by atoms with Crippen molar-refractivity contribution in [2.24, 2.45) is 0 Å². The van der Waals surface area contributed by atoms with E-state index in [1.165, 1.54) is 6.07 Å². The molecule has 0 aliphatic carbocycles. The van der Waals surface area contributed by atoms with Gasteiger partial charge in [0, 0.05) is 5.56 Å². The fourth-order valence-electron chi connectivity index (χ4n) is 2.23. The van der Waals surface area contributed by atoms with Gasteiger partial charge in [0.25, 0.3) is 0 Å². The summed E-state index contributed by atoms with van der Waals surface area (Å²) in [7, 11) is 0. The lowest BCUT2D eigenvalue weighted by Crippen LogP contribution is -2.18. The molecule has 2 N–H and O–H groups in total. The highest BCUT2D eigenvalue weighted by molar-refractivity contribution is 5.93. The number of alkyl halides is 3. The molecule has 0 aliphatic rings. The van der Waals surface area contributed by atoms with Crippen LogP contribution in [0.5, 0.6) is 0 Å². The summed E-state index contributed by atoms with van der Waals surface area (Å²) in [6.45, 7) is 0. The molecule has 3 nitrogen and oxygen atoms in total. The molecule has 0 atom stereocenters. The number of nitrogens with zero attached hydrogens (tertiary/aromatic N) is 2. The summed E-state index contributed by atoms with van der Waals surface area (Å²) in [6, 6.07) is 13.8. The number of fused-ring (bicyclic) bond motifs is 1. The Morgan fingerprint density at radius 1 is 0.950 bits per heavy atom. The Balaban J connectivity index is 2.33. The molecule has 1 aromatic heterocycles. The van der Waals surface area contributed by atoms with Gasteiger partial charge in [-0.3, -0.25) is 0 Å². The first-order valence-electron chi connectivity index (χ1n) is 5.88. The van der Waals surface area contributed by atoms with E-state index in [-0.39, 0.29) is 15.6 Å². The molecule has 3 rings (SSSR count). The monoisotopic (exact) mass is 277 g/mol. The summed E-state index contributed by atoms with van der Waals surface area (Å²) in [4.78, 5) is 3.88. The van der Waals surface area contributed by atoms with E-state index in [1.54, 1.807) is 12.1 Å². The Kier molecular flexibility index (Phi) is 2.67. The second-order valence-corrected chi connectivity index (χ2v) is 4.31. The molecule has 0 unspecified atom stereocenters. The third-order valence-corrected chi connectivity index (χ3v) is 3.05. The number of anilines is 1. The highest BCUT2D eigenvalue weighted by Gasteiger charge is 2.35. The molecule has 0 radical (unpaired) electrons. The van der Waals surface area contributed by atoms with Gasteiger partial charge in [0.15, 0.2) is 0 Å². The van der Waals surface area contributed by atoms with E-state index in [9.17, 15) is 13.2 Å². The summed E-state index contributed by atoms with van der Waals surface area (Å²) in [5.41, 5.74) is 7.04. The molecule has 0 saturated carbocycles. The molecule has 0 spiro atoms. The predicted octanol–water partition coefficient (Wildman–Crippen LogP) is 3.76. The molecule has 102 valence electrons. The van der Waals surface area contributed by atoms with E-state index in [0.717, 1.165) is 5.56 Å². The number of hydrogen-bond donors (Lipinski definition) is 1. The molecule has 0 fully saturated rings. The van der Waals surface area contributed by atoms with Crippen LogP contribution in [0.25, 0.3) is 22.2 Å². The summed E-state index contributed by atoms with van der Waals surface area (Å²) < 4.78 is 39.1. The van der Waals surface area contributed by atoms with Crippen LogP contribution in [0.1, 0.15) is 0 Å². The van der Waals surface area contributed by atoms with Crippen molar-refractivity contribution in [3.8, 4) is 11.1 Å². The van der Waals surface area contributed by atoms with Crippen LogP contribution in [0.15, 0.2) is 48.5 Å². The van der Waals surface area contributed by atoms with Gasteiger partial charge in [0.2, 0.25) is 5.95 Å². The van der Waals surface area contributed by atoms with Crippen LogP contribution in [-0.4, -0.2) is 9.55 Å². The van der Waals surface area contributed by atoms with Crippen molar-refractivity contribution in [1.29, 1.82) is 0 Å². The maximum atomic E-state index is 13.0. The van der Waals surface area contributed by atoms with Crippen LogP contribution in [0.2, 0.25) is 0 Å². The Bertz CT molecular complexity index is 760. The molecule has 0 aliphatic heterocycles. The Labute approximate surface area is 112 Å². The van der Waals surface area contributed by atoms with Crippen LogP contribution in [0.4, 0.5) is 19.1 Å². The van der Waals surface area contributed by atoms with Gasteiger partial charge in [0.1, 0.15) is 0 Å². The molecule has 2 aromatic carbocycles. The molecule has 0 bridgehead atoms. The van der Waals surface area contributed by atoms with Crippen molar-refractivity contribution in [2.45, 2.75) is 6.30 Å². The van der Waals surface area contributed by atoms with Gasteiger partial charge in [-0.25, -0.2) is 9.55 Å². The number of nitrogens with two attached hydrogens (primary N) is 1. The first kappa shape index (κ1) is 12.5. The SMILES string of the molecule is Nc1nc2c(-c3ccccc3)cccc2n1C(F)(F)F. The van der Waals surface area contributed by atoms with E-state index in [4.69, 9.17) is 5.73 Å². The molecular formula is C14H10F3N3. The summed E-state index contributed by atoms with van der Waals surface area (Å²) in [5, 5.41) is 0. The fraction of sp³-hybridized carbons (Fsp3) is 0.0714. The summed E-state index contributed by atoms with van der Waals surface area (Å²) >= 11 is 0. The zero-order valence-corrected chi connectivity index (χ0v) is 10.2. The molecule has 0 saturated heterocycles. The van der Waals surface area contributed by atoms with Gasteiger partial charge in [0.05, 0.1) is 11.0 Å². The molecule has 3 aromatic rings. The molecule has 0 amide bonds. The first-order valence-corrected chi connectivity index (χ1v) is 5.88. The molecule has 20 heavy (non-hydrogen) atoms. The standard InChI is InChI=1S/C14H10F3N3/c15-14(16,17)20-11-8-4-7-10(12(11)19-13(20)18)9-5-2-1-3-6-9/h1-8H,(H2,18,19). The lowest BCUT2D eigenvalue weighted by molar-refractivity contribution is -0.199. The average molecular weight is 277 g/mol. The second-order valence-electron chi connectivity index (χ2n) is 4.31. The van der Waals surface area contributed by atoms with Crippen LogP contribution >= 0.6 is 0 Å². The quantitative estimate of drug-likeness (QED) is 0.736. The minimum absolute atomic E-state index is 0.0450. The normalized spacial score (nSPS) is 11.9. The number of aromatic nitrogens is 2.